The van der Waals surface area contributed by atoms with Crippen molar-refractivity contribution in [1.29, 1.82) is 0 Å². The average Bonchev–Trinajstić information content (AvgIpc) is 2.73. The van der Waals surface area contributed by atoms with Gasteiger partial charge in [0, 0.05) is 25.3 Å². The second-order valence-electron chi connectivity index (χ2n) is 7.53. The molecule has 0 amide bonds. The second-order valence-corrected chi connectivity index (χ2v) is 11.3. The lowest BCUT2D eigenvalue weighted by Crippen LogP contribution is -2.53. The molecule has 2 aliphatic rings. The minimum atomic E-state index is -2.09. The molecule has 0 aromatic carbocycles. The monoisotopic (exact) mass is 284 g/mol. The Morgan fingerprint density at radius 2 is 1.68 bits per heavy atom. The highest BCUT2D eigenvalue weighted by Crippen LogP contribution is 2.57. The zero-order valence-electron chi connectivity index (χ0n) is 13.5. The topological polar surface area (TPSA) is 18.5 Å². The Kier molecular flexibility index (Phi) is 4.79. The van der Waals surface area contributed by atoms with Crippen molar-refractivity contribution in [2.75, 3.05) is 14.2 Å². The number of hydrogen-bond acceptors (Lipinski definition) is 2. The maximum atomic E-state index is 6.21. The smallest absolute Gasteiger partial charge is 0.344 e. The quantitative estimate of drug-likeness (QED) is 0.685. The van der Waals surface area contributed by atoms with E-state index in [0.717, 1.165) is 5.92 Å². The summed E-state index contributed by atoms with van der Waals surface area (Å²) in [5.74, 6) is 0.848. The van der Waals surface area contributed by atoms with Crippen molar-refractivity contribution in [2.45, 2.75) is 76.8 Å². The van der Waals surface area contributed by atoms with Crippen LogP contribution in [0.25, 0.3) is 0 Å². The summed E-state index contributed by atoms with van der Waals surface area (Å²) in [7, 11) is 1.75. The van der Waals surface area contributed by atoms with Gasteiger partial charge in [0.05, 0.1) is 0 Å². The predicted octanol–water partition coefficient (Wildman–Crippen LogP) is 4.88. The van der Waals surface area contributed by atoms with E-state index in [-0.39, 0.29) is 0 Å². The Morgan fingerprint density at radius 1 is 1.00 bits per heavy atom. The van der Waals surface area contributed by atoms with Crippen LogP contribution in [0.5, 0.6) is 0 Å². The molecule has 2 saturated carbocycles. The lowest BCUT2D eigenvalue weighted by Gasteiger charge is -2.46. The van der Waals surface area contributed by atoms with Gasteiger partial charge in [0.15, 0.2) is 0 Å². The highest BCUT2D eigenvalue weighted by atomic mass is 28.4. The summed E-state index contributed by atoms with van der Waals surface area (Å²) in [5, 5.41) is 0. The minimum absolute atomic E-state index is 0.402. The van der Waals surface area contributed by atoms with E-state index in [1.165, 1.54) is 44.9 Å². The van der Waals surface area contributed by atoms with E-state index in [1.807, 2.05) is 14.2 Å². The molecule has 19 heavy (non-hydrogen) atoms. The van der Waals surface area contributed by atoms with Crippen LogP contribution in [0.4, 0.5) is 0 Å². The molecule has 112 valence electrons. The van der Waals surface area contributed by atoms with Crippen LogP contribution in [-0.2, 0) is 8.85 Å². The first kappa shape index (κ1) is 15.5. The van der Waals surface area contributed by atoms with E-state index in [2.05, 4.69) is 20.8 Å². The zero-order chi connectivity index (χ0) is 14.1. The Bertz CT molecular complexity index is 299. The van der Waals surface area contributed by atoms with Gasteiger partial charge in [-0.25, -0.2) is 0 Å². The van der Waals surface area contributed by atoms with Crippen molar-refractivity contribution in [3.05, 3.63) is 0 Å². The van der Waals surface area contributed by atoms with Crippen LogP contribution in [0.1, 0.15) is 65.7 Å². The van der Waals surface area contributed by atoms with E-state index >= 15 is 0 Å². The molecule has 0 radical (unpaired) electrons. The summed E-state index contributed by atoms with van der Waals surface area (Å²) in [6, 6.07) is 0. The zero-order valence-corrected chi connectivity index (χ0v) is 14.5. The molecule has 0 aliphatic heterocycles. The van der Waals surface area contributed by atoms with Crippen molar-refractivity contribution in [2.24, 2.45) is 11.3 Å². The van der Waals surface area contributed by atoms with Gasteiger partial charge in [-0.3, -0.25) is 0 Å². The van der Waals surface area contributed by atoms with Gasteiger partial charge in [-0.2, -0.15) is 0 Å². The highest BCUT2D eigenvalue weighted by Gasteiger charge is 2.57. The van der Waals surface area contributed by atoms with E-state index in [4.69, 9.17) is 8.85 Å². The van der Waals surface area contributed by atoms with Crippen LogP contribution in [-0.4, -0.2) is 22.8 Å². The van der Waals surface area contributed by atoms with E-state index in [0.29, 0.717) is 16.5 Å². The lowest BCUT2D eigenvalue weighted by molar-refractivity contribution is 0.172. The highest BCUT2D eigenvalue weighted by molar-refractivity contribution is 6.70. The molecule has 2 aliphatic carbocycles. The van der Waals surface area contributed by atoms with E-state index < -0.39 is 8.56 Å². The fourth-order valence-electron chi connectivity index (χ4n) is 4.86. The molecule has 3 unspecified atom stereocenters. The van der Waals surface area contributed by atoms with E-state index in [9.17, 15) is 0 Å². The molecule has 2 fully saturated rings. The van der Waals surface area contributed by atoms with Crippen LogP contribution in [0.2, 0.25) is 11.1 Å². The molecule has 0 spiro atoms. The molecule has 0 bridgehead atoms. The predicted molar refractivity (Wildman–Crippen MR) is 82.5 cm³/mol. The lowest BCUT2D eigenvalue weighted by atomic mass is 9.90. The van der Waals surface area contributed by atoms with Crippen molar-refractivity contribution >= 4 is 8.56 Å². The van der Waals surface area contributed by atoms with Crippen LogP contribution in [0.3, 0.4) is 0 Å². The summed E-state index contributed by atoms with van der Waals surface area (Å²) in [6.07, 6.45) is 9.39. The Labute approximate surface area is 120 Å². The second kappa shape index (κ2) is 5.86. The van der Waals surface area contributed by atoms with Crippen LogP contribution < -0.4 is 0 Å². The largest absolute Gasteiger partial charge is 0.397 e. The van der Waals surface area contributed by atoms with Gasteiger partial charge < -0.3 is 8.85 Å². The Morgan fingerprint density at radius 3 is 2.16 bits per heavy atom. The molecule has 0 aromatic rings. The van der Waals surface area contributed by atoms with Gasteiger partial charge in [-0.1, -0.05) is 40.0 Å². The normalized spacial score (nSPS) is 35.5. The van der Waals surface area contributed by atoms with E-state index in [1.54, 1.807) is 0 Å². The van der Waals surface area contributed by atoms with Crippen molar-refractivity contribution in [1.82, 2.24) is 0 Å². The maximum Gasteiger partial charge on any atom is 0.344 e. The third kappa shape index (κ3) is 2.79. The van der Waals surface area contributed by atoms with Crippen molar-refractivity contribution in [3.8, 4) is 0 Å². The summed E-state index contributed by atoms with van der Waals surface area (Å²) < 4.78 is 12.4. The first-order valence-corrected chi connectivity index (χ1v) is 10.0. The third-order valence-corrected chi connectivity index (χ3v) is 10.9. The molecule has 3 atom stereocenters. The molecule has 2 nitrogen and oxygen atoms in total. The molecular formula is C16H32O2Si. The number of hydrogen-bond donors (Lipinski definition) is 0. The Balaban J connectivity index is 2.26. The molecule has 3 heteroatoms. The summed E-state index contributed by atoms with van der Waals surface area (Å²) in [6.45, 7) is 7.25. The maximum absolute atomic E-state index is 6.21. The first-order chi connectivity index (χ1) is 8.96. The minimum Gasteiger partial charge on any atom is -0.397 e. The third-order valence-electron chi connectivity index (χ3n) is 5.89. The molecule has 0 aromatic heterocycles. The standard InChI is InChI=1S/C16H32O2Si/c1-13-8-6-9-14(12-13)19(17-4,18-5)15-10-7-11-16(15,2)3/h13-15H,6-12H2,1-5H3. The van der Waals surface area contributed by atoms with Gasteiger partial charge in [0.2, 0.25) is 0 Å². The summed E-state index contributed by atoms with van der Waals surface area (Å²) in [4.78, 5) is 0. The Hall–Kier alpha value is 0.137. The van der Waals surface area contributed by atoms with Crippen molar-refractivity contribution in [3.63, 3.8) is 0 Å². The van der Waals surface area contributed by atoms with Crippen LogP contribution >= 0.6 is 0 Å². The van der Waals surface area contributed by atoms with Gasteiger partial charge in [-0.05, 0) is 37.0 Å². The molecule has 0 heterocycles. The fourth-order valence-corrected chi connectivity index (χ4v) is 10.0. The van der Waals surface area contributed by atoms with Gasteiger partial charge >= 0.3 is 8.56 Å². The van der Waals surface area contributed by atoms with Crippen LogP contribution in [0, 0.1) is 11.3 Å². The molecule has 0 N–H and O–H groups in total. The SMILES string of the molecule is CO[Si](OC)(C1CCCC(C)C1)C1CCCC1(C)C. The van der Waals surface area contributed by atoms with Crippen molar-refractivity contribution < 1.29 is 8.85 Å². The molecule has 2 rings (SSSR count). The van der Waals surface area contributed by atoms with Gasteiger partial charge in [-0.15, -0.1) is 0 Å². The van der Waals surface area contributed by atoms with Crippen LogP contribution in [0.15, 0.2) is 0 Å². The van der Waals surface area contributed by atoms with Gasteiger partial charge in [0.25, 0.3) is 0 Å². The molecule has 0 saturated heterocycles. The fraction of sp³-hybridized carbons (Fsp3) is 1.00. The molecular weight excluding hydrogens is 252 g/mol. The average molecular weight is 285 g/mol. The summed E-state index contributed by atoms with van der Waals surface area (Å²) in [5.41, 5.74) is 1.78. The first-order valence-electron chi connectivity index (χ1n) is 8.06. The van der Waals surface area contributed by atoms with Gasteiger partial charge in [0.1, 0.15) is 0 Å². The number of rotatable bonds is 4. The summed E-state index contributed by atoms with van der Waals surface area (Å²) >= 11 is 0.